The maximum atomic E-state index is 4.39. The van der Waals surface area contributed by atoms with E-state index in [0.29, 0.717) is 0 Å². The van der Waals surface area contributed by atoms with Crippen LogP contribution in [0.5, 0.6) is 0 Å². The van der Waals surface area contributed by atoms with E-state index in [1.807, 2.05) is 36.1 Å². The predicted molar refractivity (Wildman–Crippen MR) is 172 cm³/mol. The van der Waals surface area contributed by atoms with Crippen molar-refractivity contribution in [1.29, 1.82) is 0 Å². The minimum Gasteiger partial charge on any atom is -0.309 e. The predicted octanol–water partition coefficient (Wildman–Crippen LogP) is 9.91. The van der Waals surface area contributed by atoms with Gasteiger partial charge in [-0.15, -0.1) is 11.3 Å². The quantitative estimate of drug-likeness (QED) is 0.217. The van der Waals surface area contributed by atoms with Crippen LogP contribution in [0.25, 0.3) is 69.9 Å². The molecular formula is C37H25N3S. The van der Waals surface area contributed by atoms with Crippen molar-refractivity contribution in [2.24, 2.45) is 0 Å². The summed E-state index contributed by atoms with van der Waals surface area (Å²) in [5.41, 5.74) is 11.5. The first kappa shape index (κ1) is 23.0. The Kier molecular flexibility index (Phi) is 4.55. The summed E-state index contributed by atoms with van der Waals surface area (Å²) >= 11 is 1.86. The number of aromatic nitrogens is 3. The maximum absolute atomic E-state index is 4.39. The van der Waals surface area contributed by atoms with Gasteiger partial charge < -0.3 is 4.57 Å². The summed E-state index contributed by atoms with van der Waals surface area (Å²) in [4.78, 5) is 8.79. The Labute approximate surface area is 241 Å². The fourth-order valence-electron chi connectivity index (χ4n) is 6.97. The third-order valence-corrected chi connectivity index (χ3v) is 10.1. The van der Waals surface area contributed by atoms with E-state index in [9.17, 15) is 0 Å². The fourth-order valence-corrected chi connectivity index (χ4v) is 8.04. The topological polar surface area (TPSA) is 30.7 Å². The van der Waals surface area contributed by atoms with E-state index >= 15 is 0 Å². The fraction of sp³-hybridized carbons (Fsp3) is 0.0811. The Morgan fingerprint density at radius 2 is 1.22 bits per heavy atom. The van der Waals surface area contributed by atoms with Crippen molar-refractivity contribution < 1.29 is 0 Å². The van der Waals surface area contributed by atoms with Crippen LogP contribution in [-0.4, -0.2) is 14.5 Å². The minimum atomic E-state index is 0.0211. The Bertz CT molecular complexity index is 2300. The number of benzene rings is 4. The summed E-state index contributed by atoms with van der Waals surface area (Å²) in [5, 5.41) is 4.83. The number of hydrogen-bond acceptors (Lipinski definition) is 3. The molecule has 0 bridgehead atoms. The Hall–Kier alpha value is -4.80. The molecule has 0 aliphatic heterocycles. The molecule has 0 spiro atoms. The minimum absolute atomic E-state index is 0.0211. The van der Waals surface area contributed by atoms with Crippen LogP contribution in [0, 0.1) is 0 Å². The lowest BCUT2D eigenvalue weighted by Gasteiger charge is -2.21. The third kappa shape index (κ3) is 3.14. The first-order valence-corrected chi connectivity index (χ1v) is 14.8. The molecule has 0 fully saturated rings. The largest absolute Gasteiger partial charge is 0.309 e. The molecule has 0 unspecified atom stereocenters. The Morgan fingerprint density at radius 1 is 0.585 bits per heavy atom. The van der Waals surface area contributed by atoms with Crippen LogP contribution in [0.2, 0.25) is 0 Å². The summed E-state index contributed by atoms with van der Waals surface area (Å²) in [6.45, 7) is 4.67. The van der Waals surface area contributed by atoms with Crippen molar-refractivity contribution in [3.05, 3.63) is 127 Å². The smallest absolute Gasteiger partial charge is 0.0572 e. The second-order valence-corrected chi connectivity index (χ2v) is 12.6. The molecule has 194 valence electrons. The molecule has 1 aliphatic rings. The van der Waals surface area contributed by atoms with Crippen LogP contribution >= 0.6 is 11.3 Å². The molecule has 8 aromatic rings. The van der Waals surface area contributed by atoms with Gasteiger partial charge in [0.25, 0.3) is 0 Å². The highest BCUT2D eigenvalue weighted by molar-refractivity contribution is 7.25. The van der Waals surface area contributed by atoms with Crippen LogP contribution < -0.4 is 0 Å². The van der Waals surface area contributed by atoms with E-state index in [1.54, 1.807) is 0 Å². The number of rotatable bonds is 2. The van der Waals surface area contributed by atoms with Crippen LogP contribution in [0.4, 0.5) is 0 Å². The van der Waals surface area contributed by atoms with Crippen LogP contribution in [-0.2, 0) is 5.41 Å². The van der Waals surface area contributed by atoms with E-state index in [4.69, 9.17) is 0 Å². The summed E-state index contributed by atoms with van der Waals surface area (Å²) in [5.74, 6) is 0. The highest BCUT2D eigenvalue weighted by Gasteiger charge is 2.35. The average Bonchev–Trinajstić information content (AvgIpc) is 3.62. The molecule has 1 aliphatic carbocycles. The van der Waals surface area contributed by atoms with E-state index in [0.717, 1.165) is 27.5 Å². The van der Waals surface area contributed by atoms with Crippen molar-refractivity contribution in [2.45, 2.75) is 19.3 Å². The van der Waals surface area contributed by atoms with Gasteiger partial charge in [0.2, 0.25) is 0 Å². The number of hydrogen-bond donors (Lipinski definition) is 0. The van der Waals surface area contributed by atoms with Crippen molar-refractivity contribution in [2.75, 3.05) is 0 Å². The van der Waals surface area contributed by atoms with Crippen LogP contribution in [0.1, 0.15) is 25.0 Å². The zero-order chi connectivity index (χ0) is 27.3. The van der Waals surface area contributed by atoms with Gasteiger partial charge in [-0.3, -0.25) is 9.97 Å². The van der Waals surface area contributed by atoms with E-state index in [2.05, 4.69) is 119 Å². The van der Waals surface area contributed by atoms with Crippen molar-refractivity contribution in [3.8, 4) is 27.9 Å². The summed E-state index contributed by atoms with van der Waals surface area (Å²) in [6.07, 6.45) is 7.62. The molecule has 41 heavy (non-hydrogen) atoms. The lowest BCUT2D eigenvalue weighted by Crippen LogP contribution is -2.14. The van der Waals surface area contributed by atoms with E-state index < -0.39 is 0 Å². The van der Waals surface area contributed by atoms with Crippen molar-refractivity contribution >= 4 is 53.3 Å². The highest BCUT2D eigenvalue weighted by Crippen LogP contribution is 2.49. The first-order valence-electron chi connectivity index (χ1n) is 14.0. The Morgan fingerprint density at radius 3 is 2.00 bits per heavy atom. The van der Waals surface area contributed by atoms with E-state index in [-0.39, 0.29) is 5.41 Å². The maximum Gasteiger partial charge on any atom is 0.0572 e. The van der Waals surface area contributed by atoms with Crippen molar-refractivity contribution in [1.82, 2.24) is 14.5 Å². The molecule has 4 heterocycles. The molecule has 0 amide bonds. The zero-order valence-corrected chi connectivity index (χ0v) is 23.5. The average molecular weight is 544 g/mol. The van der Waals surface area contributed by atoms with Gasteiger partial charge in [-0.1, -0.05) is 56.3 Å². The summed E-state index contributed by atoms with van der Waals surface area (Å²) < 4.78 is 4.94. The standard InChI is InChI=1S/C37H25N3S/c1-37(2)31-6-4-3-5-25(31)26-17-22(7-10-32(26)37)23-8-11-35-27(18-23)28-19-24(9-12-36(28)41-35)40-33-13-15-38-20-29(33)30-21-39-16-14-34(30)40/h3-21H,1-2H3. The first-order chi connectivity index (χ1) is 20.1. The van der Waals surface area contributed by atoms with Gasteiger partial charge in [0.15, 0.2) is 0 Å². The number of fused-ring (bicyclic) bond motifs is 9. The molecule has 0 radical (unpaired) electrons. The molecular weight excluding hydrogens is 518 g/mol. The van der Waals surface area contributed by atoms with Crippen LogP contribution in [0.3, 0.4) is 0 Å². The molecule has 4 heteroatoms. The van der Waals surface area contributed by atoms with Gasteiger partial charge in [0, 0.05) is 66.8 Å². The lowest BCUT2D eigenvalue weighted by molar-refractivity contribution is 0.660. The van der Waals surface area contributed by atoms with Gasteiger partial charge in [-0.25, -0.2) is 0 Å². The van der Waals surface area contributed by atoms with Gasteiger partial charge in [-0.2, -0.15) is 0 Å². The van der Waals surface area contributed by atoms with Crippen LogP contribution in [0.15, 0.2) is 116 Å². The summed E-state index contributed by atoms with van der Waals surface area (Å²) in [6, 6.07) is 33.9. The molecule has 0 saturated heterocycles. The van der Waals surface area contributed by atoms with Gasteiger partial charge in [-0.05, 0) is 81.9 Å². The monoisotopic (exact) mass is 543 g/mol. The highest BCUT2D eigenvalue weighted by atomic mass is 32.1. The van der Waals surface area contributed by atoms with Gasteiger partial charge >= 0.3 is 0 Å². The molecule has 0 saturated carbocycles. The van der Waals surface area contributed by atoms with E-state index in [1.165, 1.54) is 53.6 Å². The second kappa shape index (κ2) is 8.12. The van der Waals surface area contributed by atoms with Gasteiger partial charge in [0.05, 0.1) is 11.0 Å². The second-order valence-electron chi connectivity index (χ2n) is 11.5. The molecule has 0 atom stereocenters. The number of nitrogens with zero attached hydrogens (tertiary/aromatic N) is 3. The number of thiophene rings is 1. The van der Waals surface area contributed by atoms with Crippen molar-refractivity contribution in [3.63, 3.8) is 0 Å². The molecule has 3 nitrogen and oxygen atoms in total. The lowest BCUT2D eigenvalue weighted by atomic mass is 9.82. The normalized spacial score (nSPS) is 13.8. The molecule has 4 aromatic carbocycles. The zero-order valence-electron chi connectivity index (χ0n) is 22.7. The van der Waals surface area contributed by atoms with Gasteiger partial charge in [0.1, 0.15) is 0 Å². The molecule has 9 rings (SSSR count). The third-order valence-electron chi connectivity index (χ3n) is 9.00. The Balaban J connectivity index is 1.23. The summed E-state index contributed by atoms with van der Waals surface area (Å²) in [7, 11) is 0. The molecule has 4 aromatic heterocycles. The number of pyridine rings is 2. The molecule has 0 N–H and O–H groups in total. The SMILES string of the molecule is CC1(C)c2ccccc2-c2cc(-c3ccc4sc5ccc(-n6c7ccncc7c7cnccc76)cc5c4c3)ccc21.